The summed E-state index contributed by atoms with van der Waals surface area (Å²) in [5.74, 6) is -0.402. The maximum atomic E-state index is 12.7. The number of amides is 1. The molecule has 1 N–H and O–H groups in total. The molecule has 8 heteroatoms. The highest BCUT2D eigenvalue weighted by Gasteiger charge is 2.19. The highest BCUT2D eigenvalue weighted by Crippen LogP contribution is 2.35. The summed E-state index contributed by atoms with van der Waals surface area (Å²) in [6.07, 6.45) is 1.63. The SMILES string of the molecule is COCc1cc(C)nc(OCC(=O)N/N=C\c2cc(-c3ccccc3)n(-c3ccccc3)c2-c2ccccc2)c1C#N. The molecular weight excluding hydrogens is 526 g/mol. The third kappa shape index (κ3) is 6.28. The molecule has 8 nitrogen and oxygen atoms in total. The van der Waals surface area contributed by atoms with E-state index in [1.165, 1.54) is 0 Å². The molecule has 0 spiro atoms. The van der Waals surface area contributed by atoms with Gasteiger partial charge in [-0.3, -0.25) is 4.79 Å². The Kier molecular flexibility index (Phi) is 8.82. The smallest absolute Gasteiger partial charge is 0.278 e. The van der Waals surface area contributed by atoms with Crippen molar-refractivity contribution in [3.63, 3.8) is 0 Å². The van der Waals surface area contributed by atoms with Gasteiger partial charge in [-0.05, 0) is 42.3 Å². The summed E-state index contributed by atoms with van der Waals surface area (Å²) in [4.78, 5) is 17.0. The fourth-order valence-electron chi connectivity index (χ4n) is 4.73. The van der Waals surface area contributed by atoms with Crippen molar-refractivity contribution in [3.05, 3.63) is 126 Å². The molecule has 0 aliphatic heterocycles. The van der Waals surface area contributed by atoms with Crippen LogP contribution in [0.5, 0.6) is 5.88 Å². The van der Waals surface area contributed by atoms with Crippen molar-refractivity contribution in [3.8, 4) is 40.2 Å². The quantitative estimate of drug-likeness (QED) is 0.167. The molecule has 1 amide bonds. The van der Waals surface area contributed by atoms with Crippen molar-refractivity contribution in [1.29, 1.82) is 5.26 Å². The van der Waals surface area contributed by atoms with Gasteiger partial charge in [-0.25, -0.2) is 10.4 Å². The van der Waals surface area contributed by atoms with E-state index >= 15 is 0 Å². The molecule has 0 saturated carbocycles. The molecule has 0 aliphatic carbocycles. The number of hydrogen-bond acceptors (Lipinski definition) is 6. The predicted molar refractivity (Wildman–Crippen MR) is 162 cm³/mol. The van der Waals surface area contributed by atoms with Crippen LogP contribution in [0.15, 0.2) is 108 Å². The van der Waals surface area contributed by atoms with E-state index in [0.717, 1.165) is 33.8 Å². The van der Waals surface area contributed by atoms with Crippen LogP contribution in [-0.4, -0.2) is 35.4 Å². The maximum absolute atomic E-state index is 12.7. The Morgan fingerprint density at radius 2 is 1.62 bits per heavy atom. The molecule has 0 fully saturated rings. The molecule has 0 atom stereocenters. The summed E-state index contributed by atoms with van der Waals surface area (Å²) in [5, 5.41) is 13.9. The molecule has 0 saturated heterocycles. The molecule has 2 aromatic heterocycles. The van der Waals surface area contributed by atoms with Crippen molar-refractivity contribution in [2.24, 2.45) is 5.10 Å². The van der Waals surface area contributed by atoms with E-state index in [1.807, 2.05) is 66.7 Å². The first-order valence-electron chi connectivity index (χ1n) is 13.3. The van der Waals surface area contributed by atoms with Gasteiger partial charge in [0.1, 0.15) is 11.6 Å². The lowest BCUT2D eigenvalue weighted by Crippen LogP contribution is -2.25. The Balaban J connectivity index is 1.44. The van der Waals surface area contributed by atoms with Crippen LogP contribution in [0.3, 0.4) is 0 Å². The average Bonchev–Trinajstić information content (AvgIpc) is 3.41. The highest BCUT2D eigenvalue weighted by atomic mass is 16.5. The Morgan fingerprint density at radius 1 is 0.976 bits per heavy atom. The topological polar surface area (TPSA) is 102 Å². The summed E-state index contributed by atoms with van der Waals surface area (Å²) >= 11 is 0. The fraction of sp³-hybridized carbons (Fsp3) is 0.118. The lowest BCUT2D eigenvalue weighted by atomic mass is 10.1. The molecule has 0 aliphatic rings. The number of aryl methyl sites for hydroxylation is 1. The number of aromatic nitrogens is 2. The molecule has 0 bridgehead atoms. The largest absolute Gasteiger partial charge is 0.467 e. The van der Waals surface area contributed by atoms with E-state index in [-0.39, 0.29) is 24.7 Å². The lowest BCUT2D eigenvalue weighted by molar-refractivity contribution is -0.123. The first-order chi connectivity index (χ1) is 20.6. The molecule has 3 aromatic carbocycles. The summed E-state index contributed by atoms with van der Waals surface area (Å²) < 4.78 is 13.0. The zero-order valence-corrected chi connectivity index (χ0v) is 23.3. The van der Waals surface area contributed by atoms with Crippen molar-refractivity contribution in [2.75, 3.05) is 13.7 Å². The van der Waals surface area contributed by atoms with Crippen LogP contribution in [0.25, 0.3) is 28.2 Å². The minimum atomic E-state index is -0.487. The molecule has 2 heterocycles. The van der Waals surface area contributed by atoms with Crippen molar-refractivity contribution in [1.82, 2.24) is 15.0 Å². The molecule has 42 heavy (non-hydrogen) atoms. The zero-order valence-electron chi connectivity index (χ0n) is 23.3. The number of rotatable bonds is 10. The number of nitrogens with zero attached hydrogens (tertiary/aromatic N) is 4. The number of hydrogen-bond donors (Lipinski definition) is 1. The van der Waals surface area contributed by atoms with Crippen LogP contribution in [0, 0.1) is 18.3 Å². The Hall–Kier alpha value is -5.52. The number of carbonyl (C=O) groups is 1. The molecule has 208 valence electrons. The second-order valence-electron chi connectivity index (χ2n) is 9.47. The van der Waals surface area contributed by atoms with Gasteiger partial charge in [-0.1, -0.05) is 78.9 Å². The van der Waals surface area contributed by atoms with Crippen molar-refractivity contribution in [2.45, 2.75) is 13.5 Å². The Labute approximate surface area is 244 Å². The van der Waals surface area contributed by atoms with Gasteiger partial charge in [0.15, 0.2) is 6.61 Å². The summed E-state index contributed by atoms with van der Waals surface area (Å²) in [6.45, 7) is 1.66. The third-order valence-electron chi connectivity index (χ3n) is 6.50. The first kappa shape index (κ1) is 28.0. The van der Waals surface area contributed by atoms with E-state index in [4.69, 9.17) is 9.47 Å². The number of carbonyl (C=O) groups excluding carboxylic acids is 1. The second kappa shape index (κ2) is 13.2. The maximum Gasteiger partial charge on any atom is 0.278 e. The number of nitriles is 1. The number of methoxy groups -OCH3 is 1. The number of nitrogens with one attached hydrogen (secondary N) is 1. The minimum absolute atomic E-state index is 0.0856. The van der Waals surface area contributed by atoms with E-state index < -0.39 is 5.91 Å². The number of benzene rings is 3. The number of ether oxygens (including phenoxy) is 2. The van der Waals surface area contributed by atoms with Crippen LogP contribution >= 0.6 is 0 Å². The van der Waals surface area contributed by atoms with Crippen LogP contribution in [0.2, 0.25) is 0 Å². The second-order valence-corrected chi connectivity index (χ2v) is 9.47. The van der Waals surface area contributed by atoms with E-state index in [0.29, 0.717) is 11.3 Å². The molecule has 5 rings (SSSR count). The summed E-state index contributed by atoms with van der Waals surface area (Å²) in [5.41, 5.74) is 9.86. The summed E-state index contributed by atoms with van der Waals surface area (Å²) in [7, 11) is 1.54. The van der Waals surface area contributed by atoms with E-state index in [2.05, 4.69) is 56.5 Å². The van der Waals surface area contributed by atoms with Gasteiger partial charge in [-0.15, -0.1) is 0 Å². The minimum Gasteiger partial charge on any atom is -0.467 e. The number of para-hydroxylation sites is 1. The third-order valence-corrected chi connectivity index (χ3v) is 6.50. The van der Waals surface area contributed by atoms with Crippen molar-refractivity contribution >= 4 is 12.1 Å². The fourth-order valence-corrected chi connectivity index (χ4v) is 4.73. The van der Waals surface area contributed by atoms with Gasteiger partial charge < -0.3 is 14.0 Å². The lowest BCUT2D eigenvalue weighted by Gasteiger charge is -2.15. The van der Waals surface area contributed by atoms with Gasteiger partial charge in [0, 0.05) is 29.6 Å². The molecular formula is C34H29N5O3. The van der Waals surface area contributed by atoms with Crippen LogP contribution in [0.4, 0.5) is 0 Å². The highest BCUT2D eigenvalue weighted by molar-refractivity contribution is 5.94. The number of pyridine rings is 1. The van der Waals surface area contributed by atoms with Gasteiger partial charge in [-0.2, -0.15) is 10.4 Å². The van der Waals surface area contributed by atoms with Gasteiger partial charge >= 0.3 is 0 Å². The molecule has 0 unspecified atom stereocenters. The van der Waals surface area contributed by atoms with Crippen LogP contribution < -0.4 is 10.2 Å². The van der Waals surface area contributed by atoms with E-state index in [1.54, 1.807) is 26.3 Å². The van der Waals surface area contributed by atoms with Crippen LogP contribution in [-0.2, 0) is 16.1 Å². The molecule has 5 aromatic rings. The van der Waals surface area contributed by atoms with Crippen molar-refractivity contribution < 1.29 is 14.3 Å². The van der Waals surface area contributed by atoms with Crippen LogP contribution in [0.1, 0.15) is 22.4 Å². The van der Waals surface area contributed by atoms with Gasteiger partial charge in [0.25, 0.3) is 5.91 Å². The number of hydrazone groups is 1. The summed E-state index contributed by atoms with van der Waals surface area (Å²) in [6, 6.07) is 36.2. The average molecular weight is 556 g/mol. The first-order valence-corrected chi connectivity index (χ1v) is 13.3. The standard InChI is InChI=1S/C34H29N5O3/c1-24-18-28(22-41-2)30(20-35)34(37-24)42-23-32(40)38-36-21-27-19-31(25-12-6-3-7-13-25)39(29-16-10-5-11-17-29)33(27)26-14-8-4-9-15-26/h3-19,21H,22-23H2,1-2H3,(H,38,40)/b36-21-. The monoisotopic (exact) mass is 555 g/mol. The van der Waals surface area contributed by atoms with Gasteiger partial charge in [0.05, 0.1) is 24.2 Å². The Bertz CT molecular complexity index is 1740. The normalized spacial score (nSPS) is 10.9. The predicted octanol–water partition coefficient (Wildman–Crippen LogP) is 6.06. The Morgan fingerprint density at radius 3 is 2.26 bits per heavy atom. The van der Waals surface area contributed by atoms with E-state index in [9.17, 15) is 10.1 Å². The molecule has 0 radical (unpaired) electrons. The van der Waals surface area contributed by atoms with Gasteiger partial charge in [0.2, 0.25) is 5.88 Å². The zero-order chi connectivity index (χ0) is 29.3.